The van der Waals surface area contributed by atoms with E-state index in [4.69, 9.17) is 9.47 Å². The van der Waals surface area contributed by atoms with Crippen LogP contribution in [0.4, 0.5) is 0 Å². The number of rotatable bonds is 8. The normalized spacial score (nSPS) is 21.1. The number of hydrogen-bond acceptors (Lipinski definition) is 5. The van der Waals surface area contributed by atoms with Crippen molar-refractivity contribution in [2.45, 2.75) is 42.9 Å². The predicted molar refractivity (Wildman–Crippen MR) is 127 cm³/mol. The Hall–Kier alpha value is -1.44. The fourth-order valence-corrected chi connectivity index (χ4v) is 5.16. The highest BCUT2D eigenvalue weighted by atomic mass is 32.2. The molecule has 2 aliphatic heterocycles. The summed E-state index contributed by atoms with van der Waals surface area (Å²) >= 11 is 1.95. The largest absolute Gasteiger partial charge is 0.497 e. The van der Waals surface area contributed by atoms with E-state index in [1.165, 1.54) is 24.8 Å². The second kappa shape index (κ2) is 11.8. The molecule has 2 N–H and O–H groups in total. The maximum absolute atomic E-state index is 5.57. The summed E-state index contributed by atoms with van der Waals surface area (Å²) in [5.74, 6) is 1.78. The third-order valence-electron chi connectivity index (χ3n) is 6.43. The van der Waals surface area contributed by atoms with E-state index in [1.807, 2.05) is 18.8 Å². The molecule has 0 saturated carbocycles. The summed E-state index contributed by atoms with van der Waals surface area (Å²) in [6, 6.07) is 8.84. The topological polar surface area (TPSA) is 58.1 Å². The van der Waals surface area contributed by atoms with Crippen LogP contribution in [0.2, 0.25) is 0 Å². The van der Waals surface area contributed by atoms with Gasteiger partial charge in [-0.15, -0.1) is 0 Å². The van der Waals surface area contributed by atoms with Crippen LogP contribution in [0.25, 0.3) is 0 Å². The van der Waals surface area contributed by atoms with Crippen molar-refractivity contribution < 1.29 is 9.47 Å². The lowest BCUT2D eigenvalue weighted by Crippen LogP contribution is -2.49. The molecule has 1 unspecified atom stereocenters. The minimum Gasteiger partial charge on any atom is -0.497 e. The molecule has 0 spiro atoms. The number of methoxy groups -OCH3 is 1. The van der Waals surface area contributed by atoms with E-state index in [9.17, 15) is 0 Å². The van der Waals surface area contributed by atoms with Gasteiger partial charge in [0.25, 0.3) is 0 Å². The van der Waals surface area contributed by atoms with Crippen molar-refractivity contribution in [1.29, 1.82) is 0 Å². The molecule has 1 aromatic rings. The van der Waals surface area contributed by atoms with E-state index in [-0.39, 0.29) is 4.75 Å². The number of nitrogens with zero attached hydrogens (tertiary/aromatic N) is 2. The van der Waals surface area contributed by atoms with E-state index in [1.54, 1.807) is 7.11 Å². The highest BCUT2D eigenvalue weighted by Crippen LogP contribution is 2.33. The number of benzene rings is 1. The van der Waals surface area contributed by atoms with Gasteiger partial charge in [0.2, 0.25) is 0 Å². The van der Waals surface area contributed by atoms with Crippen molar-refractivity contribution in [3.05, 3.63) is 29.8 Å². The van der Waals surface area contributed by atoms with Crippen molar-refractivity contribution >= 4 is 17.7 Å². The molecule has 1 aromatic carbocycles. The summed E-state index contributed by atoms with van der Waals surface area (Å²) in [6.07, 6.45) is 8.26. The van der Waals surface area contributed by atoms with Gasteiger partial charge >= 0.3 is 0 Å². The number of likely N-dealkylation sites (tertiary alicyclic amines) is 1. The molecular weight excluding hydrogens is 396 g/mol. The van der Waals surface area contributed by atoms with E-state index in [2.05, 4.69) is 51.0 Å². The van der Waals surface area contributed by atoms with Gasteiger partial charge in [0.15, 0.2) is 5.96 Å². The first-order valence-corrected chi connectivity index (χ1v) is 12.4. The molecule has 2 heterocycles. The van der Waals surface area contributed by atoms with Crippen molar-refractivity contribution in [1.82, 2.24) is 15.5 Å². The van der Waals surface area contributed by atoms with Gasteiger partial charge in [0.05, 0.1) is 13.2 Å². The Bertz CT molecular complexity index is 656. The standard InChI is InChI=1S/C23H38N4O2S/c1-24-22(26-18-23(30-3)11-15-29-16-12-23)25-17-21(27-13-5-4-6-14-27)19-7-9-20(28-2)10-8-19/h7-10,21H,4-6,11-18H2,1-3H3,(H2,24,25,26). The molecule has 2 aliphatic rings. The zero-order valence-corrected chi connectivity index (χ0v) is 19.6. The lowest BCUT2D eigenvalue weighted by atomic mass is 9.99. The molecule has 2 saturated heterocycles. The molecule has 1 atom stereocenters. The summed E-state index contributed by atoms with van der Waals surface area (Å²) < 4.78 is 11.2. The molecule has 0 bridgehead atoms. The molecular formula is C23H38N4O2S. The lowest BCUT2D eigenvalue weighted by Gasteiger charge is -2.37. The molecule has 168 valence electrons. The zero-order valence-electron chi connectivity index (χ0n) is 18.8. The first-order valence-electron chi connectivity index (χ1n) is 11.1. The number of nitrogens with one attached hydrogen (secondary N) is 2. The second-order valence-corrected chi connectivity index (χ2v) is 9.47. The smallest absolute Gasteiger partial charge is 0.191 e. The van der Waals surface area contributed by atoms with Crippen molar-refractivity contribution in [3.63, 3.8) is 0 Å². The highest BCUT2D eigenvalue weighted by molar-refractivity contribution is 8.00. The van der Waals surface area contributed by atoms with Gasteiger partial charge in [-0.3, -0.25) is 9.89 Å². The summed E-state index contributed by atoms with van der Waals surface area (Å²) in [5.41, 5.74) is 1.32. The van der Waals surface area contributed by atoms with Crippen molar-refractivity contribution in [2.75, 3.05) is 59.8 Å². The van der Waals surface area contributed by atoms with Crippen LogP contribution in [0.15, 0.2) is 29.3 Å². The molecule has 30 heavy (non-hydrogen) atoms. The summed E-state index contributed by atoms with van der Waals surface area (Å²) in [4.78, 5) is 7.10. The van der Waals surface area contributed by atoms with Gasteiger partial charge in [0, 0.05) is 38.1 Å². The lowest BCUT2D eigenvalue weighted by molar-refractivity contribution is 0.0782. The summed E-state index contributed by atoms with van der Waals surface area (Å²) in [7, 11) is 3.57. The minimum atomic E-state index is 0.234. The van der Waals surface area contributed by atoms with Gasteiger partial charge in [-0.25, -0.2) is 0 Å². The molecule has 7 heteroatoms. The van der Waals surface area contributed by atoms with Crippen LogP contribution in [-0.4, -0.2) is 75.4 Å². The molecule has 0 aliphatic carbocycles. The molecule has 3 rings (SSSR count). The molecule has 0 amide bonds. The van der Waals surface area contributed by atoms with Crippen LogP contribution in [0.1, 0.15) is 43.7 Å². The monoisotopic (exact) mass is 434 g/mol. The van der Waals surface area contributed by atoms with Crippen LogP contribution < -0.4 is 15.4 Å². The number of hydrogen-bond donors (Lipinski definition) is 2. The maximum Gasteiger partial charge on any atom is 0.191 e. The fourth-order valence-electron chi connectivity index (χ4n) is 4.37. The quantitative estimate of drug-likeness (QED) is 0.484. The third kappa shape index (κ3) is 6.28. The number of ether oxygens (including phenoxy) is 2. The van der Waals surface area contributed by atoms with Crippen molar-refractivity contribution in [3.8, 4) is 5.75 Å². The summed E-state index contributed by atoms with van der Waals surface area (Å²) in [5, 5.41) is 7.18. The number of piperidine rings is 1. The Kier molecular flexibility index (Phi) is 9.15. The first-order chi connectivity index (χ1) is 14.7. The Labute approximate surface area is 186 Å². The fraction of sp³-hybridized carbons (Fsp3) is 0.696. The van der Waals surface area contributed by atoms with E-state index < -0.39 is 0 Å². The van der Waals surface area contributed by atoms with E-state index >= 15 is 0 Å². The van der Waals surface area contributed by atoms with Crippen LogP contribution in [0, 0.1) is 0 Å². The molecule has 0 radical (unpaired) electrons. The Morgan fingerprint density at radius 1 is 1.17 bits per heavy atom. The van der Waals surface area contributed by atoms with Crippen LogP contribution >= 0.6 is 11.8 Å². The minimum absolute atomic E-state index is 0.234. The van der Waals surface area contributed by atoms with Gasteiger partial charge in [0.1, 0.15) is 5.75 Å². The van der Waals surface area contributed by atoms with Gasteiger partial charge < -0.3 is 20.1 Å². The predicted octanol–water partition coefficient (Wildman–Crippen LogP) is 3.30. The zero-order chi connectivity index (χ0) is 21.2. The number of aliphatic imine (C=N–C) groups is 1. The first kappa shape index (κ1) is 23.2. The SMILES string of the molecule is CN=C(NCC(c1ccc(OC)cc1)N1CCCCC1)NCC1(SC)CCOCC1. The third-order valence-corrected chi connectivity index (χ3v) is 7.85. The number of guanidine groups is 1. The van der Waals surface area contributed by atoms with E-state index in [0.29, 0.717) is 6.04 Å². The number of thioether (sulfide) groups is 1. The summed E-state index contributed by atoms with van der Waals surface area (Å²) in [6.45, 7) is 5.75. The van der Waals surface area contributed by atoms with Gasteiger partial charge in [-0.2, -0.15) is 11.8 Å². The Morgan fingerprint density at radius 3 is 2.47 bits per heavy atom. The molecule has 0 aromatic heterocycles. The average Bonchev–Trinajstić information content (AvgIpc) is 2.83. The second-order valence-electron chi connectivity index (χ2n) is 8.19. The van der Waals surface area contributed by atoms with Crippen molar-refractivity contribution in [2.24, 2.45) is 4.99 Å². The van der Waals surface area contributed by atoms with E-state index in [0.717, 1.165) is 63.9 Å². The average molecular weight is 435 g/mol. The molecule has 2 fully saturated rings. The Balaban J connectivity index is 1.62. The maximum atomic E-state index is 5.57. The van der Waals surface area contributed by atoms with Crippen LogP contribution in [0.3, 0.4) is 0 Å². The molecule has 6 nitrogen and oxygen atoms in total. The van der Waals surface area contributed by atoms with Gasteiger partial charge in [-0.05, 0) is 62.7 Å². The Morgan fingerprint density at radius 2 is 1.87 bits per heavy atom. The van der Waals surface area contributed by atoms with Gasteiger partial charge in [-0.1, -0.05) is 18.6 Å². The highest BCUT2D eigenvalue weighted by Gasteiger charge is 2.32. The van der Waals surface area contributed by atoms with Crippen LogP contribution in [0.5, 0.6) is 5.75 Å². The van der Waals surface area contributed by atoms with Crippen LogP contribution in [-0.2, 0) is 4.74 Å².